The predicted molar refractivity (Wildman–Crippen MR) is 71.8 cm³/mol. The highest BCUT2D eigenvalue weighted by atomic mass is 16.2. The standard InChI is InChI=1S/C14H26N2O/c1-4-10-15-14(17)12(3)16-11(2)13-8-6-5-7-9-13/h4,11-13,16H,1,5-10H2,2-3H3,(H,15,17)/t11-,12?/m1/s1. The molecule has 0 bridgehead atoms. The summed E-state index contributed by atoms with van der Waals surface area (Å²) in [6.45, 7) is 8.27. The normalized spacial score (nSPS) is 20.6. The summed E-state index contributed by atoms with van der Waals surface area (Å²) in [5, 5.41) is 6.23. The van der Waals surface area contributed by atoms with Gasteiger partial charge in [0.1, 0.15) is 0 Å². The van der Waals surface area contributed by atoms with Crippen LogP contribution in [0.3, 0.4) is 0 Å². The Labute approximate surface area is 105 Å². The molecule has 0 radical (unpaired) electrons. The molecule has 0 aliphatic heterocycles. The van der Waals surface area contributed by atoms with Crippen molar-refractivity contribution in [3.63, 3.8) is 0 Å². The van der Waals surface area contributed by atoms with E-state index in [0.717, 1.165) is 5.92 Å². The topological polar surface area (TPSA) is 41.1 Å². The minimum Gasteiger partial charge on any atom is -0.351 e. The molecule has 0 saturated heterocycles. The highest BCUT2D eigenvalue weighted by Gasteiger charge is 2.22. The number of rotatable bonds is 6. The molecular formula is C14H26N2O. The van der Waals surface area contributed by atoms with E-state index in [0.29, 0.717) is 12.6 Å². The second-order valence-electron chi connectivity index (χ2n) is 5.11. The molecule has 2 atom stereocenters. The molecule has 1 fully saturated rings. The van der Waals surface area contributed by atoms with E-state index in [1.165, 1.54) is 32.1 Å². The van der Waals surface area contributed by atoms with Crippen molar-refractivity contribution in [1.29, 1.82) is 0 Å². The Bertz CT molecular complexity index is 247. The SMILES string of the molecule is C=CCNC(=O)C(C)N[C@H](C)C1CCCCC1. The first-order valence-electron chi connectivity index (χ1n) is 6.79. The Morgan fingerprint density at radius 2 is 2.00 bits per heavy atom. The summed E-state index contributed by atoms with van der Waals surface area (Å²) < 4.78 is 0. The number of hydrogen-bond donors (Lipinski definition) is 2. The van der Waals surface area contributed by atoms with Crippen molar-refractivity contribution in [2.75, 3.05) is 6.54 Å². The fourth-order valence-corrected chi connectivity index (χ4v) is 2.57. The van der Waals surface area contributed by atoms with Crippen LogP contribution in [0.1, 0.15) is 46.0 Å². The summed E-state index contributed by atoms with van der Waals surface area (Å²) in [7, 11) is 0. The van der Waals surface area contributed by atoms with Crippen molar-refractivity contribution in [1.82, 2.24) is 10.6 Å². The van der Waals surface area contributed by atoms with Crippen LogP contribution in [0.25, 0.3) is 0 Å². The molecule has 0 aromatic carbocycles. The van der Waals surface area contributed by atoms with E-state index in [4.69, 9.17) is 0 Å². The van der Waals surface area contributed by atoms with Crippen molar-refractivity contribution >= 4 is 5.91 Å². The molecule has 0 heterocycles. The third kappa shape index (κ3) is 4.90. The fourth-order valence-electron chi connectivity index (χ4n) is 2.57. The average Bonchev–Trinajstić information content (AvgIpc) is 2.36. The molecule has 0 aromatic rings. The lowest BCUT2D eigenvalue weighted by Crippen LogP contribution is -2.48. The van der Waals surface area contributed by atoms with E-state index in [1.807, 2.05) is 6.92 Å². The van der Waals surface area contributed by atoms with E-state index in [9.17, 15) is 4.79 Å². The molecule has 0 spiro atoms. The van der Waals surface area contributed by atoms with Gasteiger partial charge in [-0.25, -0.2) is 0 Å². The lowest BCUT2D eigenvalue weighted by atomic mass is 9.84. The number of carbonyl (C=O) groups excluding carboxylic acids is 1. The maximum Gasteiger partial charge on any atom is 0.237 e. The molecule has 1 unspecified atom stereocenters. The van der Waals surface area contributed by atoms with Gasteiger partial charge >= 0.3 is 0 Å². The molecule has 1 amide bonds. The molecule has 1 aliphatic carbocycles. The number of carbonyl (C=O) groups is 1. The zero-order valence-electron chi connectivity index (χ0n) is 11.2. The molecule has 1 aliphatic rings. The van der Waals surface area contributed by atoms with E-state index in [2.05, 4.69) is 24.1 Å². The van der Waals surface area contributed by atoms with E-state index < -0.39 is 0 Å². The second-order valence-corrected chi connectivity index (χ2v) is 5.11. The first-order valence-corrected chi connectivity index (χ1v) is 6.79. The minimum absolute atomic E-state index is 0.0626. The maximum absolute atomic E-state index is 11.7. The molecule has 1 rings (SSSR count). The van der Waals surface area contributed by atoms with Crippen LogP contribution >= 0.6 is 0 Å². The third-order valence-electron chi connectivity index (χ3n) is 3.68. The van der Waals surface area contributed by atoms with Crippen LogP contribution in [0, 0.1) is 5.92 Å². The second kappa shape index (κ2) is 7.49. The first-order chi connectivity index (χ1) is 8.15. The fraction of sp³-hybridized carbons (Fsp3) is 0.786. The van der Waals surface area contributed by atoms with Gasteiger partial charge in [0.15, 0.2) is 0 Å². The van der Waals surface area contributed by atoms with Crippen molar-refractivity contribution in [3.8, 4) is 0 Å². The first kappa shape index (κ1) is 14.2. The summed E-state index contributed by atoms with van der Waals surface area (Å²) in [6, 6.07) is 0.312. The summed E-state index contributed by atoms with van der Waals surface area (Å²) in [5.41, 5.74) is 0. The lowest BCUT2D eigenvalue weighted by molar-refractivity contribution is -0.122. The van der Waals surface area contributed by atoms with Crippen molar-refractivity contribution in [2.45, 2.75) is 58.0 Å². The zero-order valence-corrected chi connectivity index (χ0v) is 11.2. The highest BCUT2D eigenvalue weighted by molar-refractivity contribution is 5.81. The van der Waals surface area contributed by atoms with Crippen LogP contribution in [0.5, 0.6) is 0 Å². The van der Waals surface area contributed by atoms with Crippen LogP contribution in [0.15, 0.2) is 12.7 Å². The van der Waals surface area contributed by atoms with Crippen LogP contribution in [0.2, 0.25) is 0 Å². The van der Waals surface area contributed by atoms with Gasteiger partial charge in [-0.15, -0.1) is 6.58 Å². The van der Waals surface area contributed by atoms with Gasteiger partial charge in [-0.05, 0) is 32.6 Å². The molecule has 17 heavy (non-hydrogen) atoms. The van der Waals surface area contributed by atoms with E-state index in [1.54, 1.807) is 6.08 Å². The van der Waals surface area contributed by atoms with Gasteiger partial charge in [0.2, 0.25) is 5.91 Å². The summed E-state index contributed by atoms with van der Waals surface area (Å²) in [6.07, 6.45) is 8.36. The molecule has 3 nitrogen and oxygen atoms in total. The molecule has 3 heteroatoms. The zero-order chi connectivity index (χ0) is 12.7. The lowest BCUT2D eigenvalue weighted by Gasteiger charge is -2.30. The monoisotopic (exact) mass is 238 g/mol. The molecule has 2 N–H and O–H groups in total. The third-order valence-corrected chi connectivity index (χ3v) is 3.68. The Balaban J connectivity index is 2.30. The summed E-state index contributed by atoms with van der Waals surface area (Å²) in [4.78, 5) is 11.7. The minimum atomic E-state index is -0.119. The molecule has 98 valence electrons. The van der Waals surface area contributed by atoms with Crippen LogP contribution in [0.4, 0.5) is 0 Å². The maximum atomic E-state index is 11.7. The highest BCUT2D eigenvalue weighted by Crippen LogP contribution is 2.26. The van der Waals surface area contributed by atoms with Crippen LogP contribution < -0.4 is 10.6 Å². The van der Waals surface area contributed by atoms with Crippen LogP contribution in [-0.2, 0) is 4.79 Å². The van der Waals surface area contributed by atoms with Gasteiger partial charge in [-0.2, -0.15) is 0 Å². The van der Waals surface area contributed by atoms with Gasteiger partial charge in [0.05, 0.1) is 6.04 Å². The van der Waals surface area contributed by atoms with Crippen LogP contribution in [-0.4, -0.2) is 24.5 Å². The van der Waals surface area contributed by atoms with Gasteiger partial charge in [0, 0.05) is 12.6 Å². The Kier molecular flexibility index (Phi) is 6.27. The Morgan fingerprint density at radius 1 is 1.35 bits per heavy atom. The molecule has 0 aromatic heterocycles. The van der Waals surface area contributed by atoms with Crippen molar-refractivity contribution < 1.29 is 4.79 Å². The molecular weight excluding hydrogens is 212 g/mol. The Hall–Kier alpha value is -0.830. The van der Waals surface area contributed by atoms with Crippen molar-refractivity contribution in [3.05, 3.63) is 12.7 Å². The predicted octanol–water partition coefficient (Wildman–Crippen LogP) is 2.24. The average molecular weight is 238 g/mol. The summed E-state index contributed by atoms with van der Waals surface area (Å²) in [5.74, 6) is 0.797. The smallest absolute Gasteiger partial charge is 0.237 e. The number of amides is 1. The van der Waals surface area contributed by atoms with Gasteiger partial charge in [-0.3, -0.25) is 4.79 Å². The summed E-state index contributed by atoms with van der Waals surface area (Å²) >= 11 is 0. The number of nitrogens with one attached hydrogen (secondary N) is 2. The van der Waals surface area contributed by atoms with Crippen molar-refractivity contribution in [2.24, 2.45) is 5.92 Å². The largest absolute Gasteiger partial charge is 0.351 e. The van der Waals surface area contributed by atoms with Gasteiger partial charge in [-0.1, -0.05) is 25.3 Å². The Morgan fingerprint density at radius 3 is 2.59 bits per heavy atom. The number of hydrogen-bond acceptors (Lipinski definition) is 2. The van der Waals surface area contributed by atoms with E-state index >= 15 is 0 Å². The van der Waals surface area contributed by atoms with Gasteiger partial charge < -0.3 is 10.6 Å². The quantitative estimate of drug-likeness (QED) is 0.697. The van der Waals surface area contributed by atoms with E-state index in [-0.39, 0.29) is 11.9 Å². The van der Waals surface area contributed by atoms with Gasteiger partial charge in [0.25, 0.3) is 0 Å². The molecule has 1 saturated carbocycles.